The van der Waals surface area contributed by atoms with Crippen molar-refractivity contribution >= 4 is 22.8 Å². The zero-order valence-electron chi connectivity index (χ0n) is 20.4. The number of hydrogen-bond donors (Lipinski definition) is 2. The highest BCUT2D eigenvalue weighted by molar-refractivity contribution is 5.93. The Bertz CT molecular complexity index is 1390. The highest BCUT2D eigenvalue weighted by Gasteiger charge is 2.32. The number of fused-ring (bicyclic) bond motifs is 5. The van der Waals surface area contributed by atoms with Gasteiger partial charge in [-0.1, -0.05) is 30.3 Å². The van der Waals surface area contributed by atoms with E-state index in [2.05, 4.69) is 5.32 Å². The molecule has 1 aliphatic carbocycles. The molecule has 1 aliphatic heterocycles. The smallest absolute Gasteiger partial charge is 0.339 e. The van der Waals surface area contributed by atoms with Gasteiger partial charge in [-0.15, -0.1) is 0 Å². The van der Waals surface area contributed by atoms with Crippen LogP contribution in [-0.4, -0.2) is 29.2 Å². The minimum absolute atomic E-state index is 0.328. The lowest BCUT2D eigenvalue weighted by Gasteiger charge is -2.33. The maximum absolute atomic E-state index is 12.8. The maximum Gasteiger partial charge on any atom is 0.339 e. The van der Waals surface area contributed by atoms with Crippen LogP contribution in [0.3, 0.4) is 0 Å². The SMILES string of the molecule is CC1(C)CCc2c(cc(OCC(=O)NC(C(=O)O)c3ccccc3)c3c4c(c(=O)oc23)CCCC4)O1. The van der Waals surface area contributed by atoms with Crippen LogP contribution in [0.1, 0.15) is 61.4 Å². The molecule has 1 aromatic heterocycles. The normalized spacial score (nSPS) is 16.8. The molecule has 0 saturated carbocycles. The number of aliphatic carboxylic acids is 1. The average molecular weight is 492 g/mol. The number of rotatable bonds is 6. The predicted molar refractivity (Wildman–Crippen MR) is 133 cm³/mol. The number of carboxylic acids is 1. The number of carboxylic acid groups (broad SMARTS) is 1. The van der Waals surface area contributed by atoms with Crippen LogP contribution in [0.25, 0.3) is 11.0 Å². The van der Waals surface area contributed by atoms with Crippen LogP contribution in [0.2, 0.25) is 0 Å². The fourth-order valence-electron chi connectivity index (χ4n) is 5.11. The molecule has 2 N–H and O–H groups in total. The van der Waals surface area contributed by atoms with E-state index in [4.69, 9.17) is 13.9 Å². The third-order valence-electron chi connectivity index (χ3n) is 6.93. The largest absolute Gasteiger partial charge is 0.487 e. The molecule has 0 spiro atoms. The Morgan fingerprint density at radius 3 is 2.53 bits per heavy atom. The number of ether oxygens (including phenoxy) is 2. The zero-order chi connectivity index (χ0) is 25.4. The van der Waals surface area contributed by atoms with Crippen LogP contribution in [0.5, 0.6) is 11.5 Å². The molecule has 0 bridgehead atoms. The number of nitrogens with one attached hydrogen (secondary N) is 1. The second kappa shape index (κ2) is 9.33. The van der Waals surface area contributed by atoms with Crippen LogP contribution >= 0.6 is 0 Å². The number of carbonyl (C=O) groups excluding carboxylic acids is 1. The van der Waals surface area contributed by atoms with E-state index in [1.807, 2.05) is 13.8 Å². The van der Waals surface area contributed by atoms with Gasteiger partial charge in [-0.2, -0.15) is 0 Å². The van der Waals surface area contributed by atoms with Crippen molar-refractivity contribution in [3.8, 4) is 11.5 Å². The summed E-state index contributed by atoms with van der Waals surface area (Å²) in [5.41, 5.74) is 2.60. The van der Waals surface area contributed by atoms with E-state index in [9.17, 15) is 19.5 Å². The van der Waals surface area contributed by atoms with Gasteiger partial charge in [0.25, 0.3) is 5.91 Å². The molecule has 2 aromatic carbocycles. The highest BCUT2D eigenvalue weighted by atomic mass is 16.5. The molecule has 8 heteroatoms. The Morgan fingerprint density at radius 1 is 1.08 bits per heavy atom. The minimum Gasteiger partial charge on any atom is -0.487 e. The Kier molecular flexibility index (Phi) is 6.20. The Hall–Kier alpha value is -3.81. The van der Waals surface area contributed by atoms with Gasteiger partial charge in [-0.05, 0) is 63.5 Å². The quantitative estimate of drug-likeness (QED) is 0.499. The van der Waals surface area contributed by atoms with Gasteiger partial charge >= 0.3 is 11.6 Å². The number of hydrogen-bond acceptors (Lipinski definition) is 6. The van der Waals surface area contributed by atoms with Crippen LogP contribution in [-0.2, 0) is 28.9 Å². The van der Waals surface area contributed by atoms with Gasteiger partial charge in [-0.25, -0.2) is 9.59 Å². The molecule has 0 saturated heterocycles. The van der Waals surface area contributed by atoms with Gasteiger partial charge in [-0.3, -0.25) is 4.79 Å². The second-order valence-corrected chi connectivity index (χ2v) is 10.0. The van der Waals surface area contributed by atoms with Gasteiger partial charge in [0.05, 0.1) is 5.39 Å². The molecule has 36 heavy (non-hydrogen) atoms. The summed E-state index contributed by atoms with van der Waals surface area (Å²) in [6.45, 7) is 3.58. The van der Waals surface area contributed by atoms with Crippen molar-refractivity contribution in [3.05, 3.63) is 69.1 Å². The first-order valence-corrected chi connectivity index (χ1v) is 12.3. The number of carbonyl (C=O) groups is 2. The fourth-order valence-corrected chi connectivity index (χ4v) is 5.11. The third-order valence-corrected chi connectivity index (χ3v) is 6.93. The second-order valence-electron chi connectivity index (χ2n) is 10.0. The Labute approximate surface area is 208 Å². The Balaban J connectivity index is 1.50. The van der Waals surface area contributed by atoms with E-state index in [1.54, 1.807) is 36.4 Å². The molecule has 2 heterocycles. The molecule has 1 atom stereocenters. The topological polar surface area (TPSA) is 115 Å². The van der Waals surface area contributed by atoms with E-state index >= 15 is 0 Å². The van der Waals surface area contributed by atoms with Gasteiger partial charge < -0.3 is 24.3 Å². The predicted octanol–water partition coefficient (Wildman–Crippen LogP) is 4.10. The van der Waals surface area contributed by atoms with Crippen LogP contribution in [0.4, 0.5) is 0 Å². The lowest BCUT2D eigenvalue weighted by molar-refractivity contribution is -0.142. The summed E-state index contributed by atoms with van der Waals surface area (Å²) in [6.07, 6.45) is 4.70. The summed E-state index contributed by atoms with van der Waals surface area (Å²) >= 11 is 0. The summed E-state index contributed by atoms with van der Waals surface area (Å²) in [5.74, 6) is -0.782. The van der Waals surface area contributed by atoms with Crippen LogP contribution < -0.4 is 20.4 Å². The van der Waals surface area contributed by atoms with Crippen molar-refractivity contribution in [2.45, 2.75) is 64.0 Å². The first kappa shape index (κ1) is 23.9. The molecule has 1 unspecified atom stereocenters. The summed E-state index contributed by atoms with van der Waals surface area (Å²) in [4.78, 5) is 37.4. The first-order valence-electron chi connectivity index (χ1n) is 12.3. The van der Waals surface area contributed by atoms with Crippen molar-refractivity contribution in [2.75, 3.05) is 6.61 Å². The summed E-state index contributed by atoms with van der Waals surface area (Å²) in [6, 6.07) is 9.06. The zero-order valence-corrected chi connectivity index (χ0v) is 20.4. The summed E-state index contributed by atoms with van der Waals surface area (Å²) in [5, 5.41) is 12.9. The molecule has 5 rings (SSSR count). The molecule has 8 nitrogen and oxygen atoms in total. The van der Waals surface area contributed by atoms with Gasteiger partial charge in [0.2, 0.25) is 0 Å². The lowest BCUT2D eigenvalue weighted by atomic mass is 9.87. The van der Waals surface area contributed by atoms with Crippen molar-refractivity contribution < 1.29 is 28.6 Å². The van der Waals surface area contributed by atoms with E-state index in [-0.39, 0.29) is 5.63 Å². The first-order chi connectivity index (χ1) is 17.2. The van der Waals surface area contributed by atoms with Gasteiger partial charge in [0.15, 0.2) is 12.6 Å². The Morgan fingerprint density at radius 2 is 1.81 bits per heavy atom. The molecule has 188 valence electrons. The maximum atomic E-state index is 12.8. The average Bonchev–Trinajstić information content (AvgIpc) is 2.85. The van der Waals surface area contributed by atoms with E-state index in [0.29, 0.717) is 46.4 Å². The van der Waals surface area contributed by atoms with E-state index in [0.717, 1.165) is 36.8 Å². The standard InChI is InChI=1S/C28H29NO7/c1-28(2)13-12-19-20(36-28)14-21(23-17-10-6-7-11-18(17)27(33)35-25(19)23)34-15-22(30)29-24(26(31)32)16-8-4-3-5-9-16/h3-5,8-9,14,24H,6-7,10-13,15H2,1-2H3,(H,29,30)(H,31,32). The molecule has 0 radical (unpaired) electrons. The number of aryl methyl sites for hydroxylation is 2. The molecule has 0 fully saturated rings. The van der Waals surface area contributed by atoms with Gasteiger partial charge in [0.1, 0.15) is 22.7 Å². The molecular weight excluding hydrogens is 462 g/mol. The van der Waals surface area contributed by atoms with Crippen molar-refractivity contribution in [1.82, 2.24) is 5.32 Å². The molecule has 3 aromatic rings. The number of benzene rings is 2. The van der Waals surface area contributed by atoms with Crippen LogP contribution in [0.15, 0.2) is 45.6 Å². The molecule has 1 amide bonds. The lowest BCUT2D eigenvalue weighted by Crippen LogP contribution is -2.36. The minimum atomic E-state index is -1.20. The van der Waals surface area contributed by atoms with Crippen molar-refractivity contribution in [1.29, 1.82) is 0 Å². The summed E-state index contributed by atoms with van der Waals surface area (Å²) in [7, 11) is 0. The third kappa shape index (κ3) is 4.55. The van der Waals surface area contributed by atoms with E-state index < -0.39 is 30.1 Å². The number of amides is 1. The molecular formula is C28H29NO7. The van der Waals surface area contributed by atoms with Crippen molar-refractivity contribution in [3.63, 3.8) is 0 Å². The highest BCUT2D eigenvalue weighted by Crippen LogP contribution is 2.44. The van der Waals surface area contributed by atoms with Crippen LogP contribution in [0, 0.1) is 0 Å². The fraction of sp³-hybridized carbons (Fsp3) is 0.393. The van der Waals surface area contributed by atoms with Gasteiger partial charge in [0, 0.05) is 17.2 Å². The van der Waals surface area contributed by atoms with E-state index in [1.165, 1.54) is 0 Å². The van der Waals surface area contributed by atoms with Crippen molar-refractivity contribution in [2.24, 2.45) is 0 Å². The monoisotopic (exact) mass is 491 g/mol. The summed E-state index contributed by atoms with van der Waals surface area (Å²) < 4.78 is 18.0. The molecule has 2 aliphatic rings.